The summed E-state index contributed by atoms with van der Waals surface area (Å²) < 4.78 is 0. The predicted molar refractivity (Wildman–Crippen MR) is 125 cm³/mol. The third-order valence-corrected chi connectivity index (χ3v) is 6.77. The highest BCUT2D eigenvalue weighted by Gasteiger charge is 2.39. The molecule has 0 bridgehead atoms. The molecule has 0 radical (unpaired) electrons. The Labute approximate surface area is 196 Å². The summed E-state index contributed by atoms with van der Waals surface area (Å²) in [5.41, 5.74) is 5.83. The number of aromatic nitrogens is 1. The zero-order valence-corrected chi connectivity index (χ0v) is 19.0. The molecule has 0 spiro atoms. The van der Waals surface area contributed by atoms with Gasteiger partial charge in [0.2, 0.25) is 5.91 Å². The molecule has 0 aliphatic carbocycles. The average molecular weight is 461 g/mol. The normalized spacial score (nSPS) is 17.5. The first kappa shape index (κ1) is 22.6. The molecule has 7 nitrogen and oxygen atoms in total. The summed E-state index contributed by atoms with van der Waals surface area (Å²) in [4.78, 5) is 32.9. The Kier molecular flexibility index (Phi) is 6.82. The number of hydrogen-bond donors (Lipinski definition) is 2. The molecule has 8 heteroatoms. The third-order valence-electron chi connectivity index (χ3n) is 5.79. The molecule has 3 aromatic rings. The summed E-state index contributed by atoms with van der Waals surface area (Å²) >= 11 is 1.59. The van der Waals surface area contributed by atoms with Gasteiger partial charge in [-0.05, 0) is 29.7 Å². The van der Waals surface area contributed by atoms with Gasteiger partial charge < -0.3 is 15.3 Å². The summed E-state index contributed by atoms with van der Waals surface area (Å²) in [5, 5.41) is 22.1. The van der Waals surface area contributed by atoms with Gasteiger partial charge in [-0.15, -0.1) is 11.3 Å². The molecular weight excluding hydrogens is 436 g/mol. The quantitative estimate of drug-likeness (QED) is 0.588. The maximum absolute atomic E-state index is 13.2. The van der Waals surface area contributed by atoms with Crippen LogP contribution in [0.4, 0.5) is 0 Å². The number of carbonyl (C=O) groups excluding carboxylic acids is 2. The maximum atomic E-state index is 13.2. The Morgan fingerprint density at radius 2 is 2.00 bits per heavy atom. The highest BCUT2D eigenvalue weighted by molar-refractivity contribution is 7.13. The fraction of sp³-hybridized carbons (Fsp3) is 0.280. The summed E-state index contributed by atoms with van der Waals surface area (Å²) in [5.74, 6) is -0.651. The lowest BCUT2D eigenvalue weighted by Gasteiger charge is -2.24. The molecule has 2 atom stereocenters. The van der Waals surface area contributed by atoms with Crippen molar-refractivity contribution in [2.45, 2.75) is 38.5 Å². The van der Waals surface area contributed by atoms with Gasteiger partial charge in [-0.3, -0.25) is 9.59 Å². The number of nitriles is 1. The van der Waals surface area contributed by atoms with Crippen LogP contribution >= 0.6 is 11.3 Å². The number of aliphatic hydroxyl groups is 1. The molecule has 1 aliphatic heterocycles. The zero-order chi connectivity index (χ0) is 23.4. The lowest BCUT2D eigenvalue weighted by molar-refractivity contribution is -0.125. The lowest BCUT2D eigenvalue weighted by atomic mass is 10.0. The molecule has 1 aliphatic rings. The third kappa shape index (κ3) is 4.95. The second-order valence-corrected chi connectivity index (χ2v) is 8.89. The largest absolute Gasteiger partial charge is 0.391 e. The van der Waals surface area contributed by atoms with E-state index in [0.717, 1.165) is 21.7 Å². The Balaban J connectivity index is 1.43. The van der Waals surface area contributed by atoms with E-state index in [2.05, 4.69) is 16.4 Å². The van der Waals surface area contributed by atoms with Crippen LogP contribution in [0, 0.1) is 18.3 Å². The second kappa shape index (κ2) is 9.94. The Hall–Kier alpha value is -3.54. The van der Waals surface area contributed by atoms with E-state index in [-0.39, 0.29) is 31.2 Å². The first-order chi connectivity index (χ1) is 16.0. The molecule has 1 aromatic heterocycles. The molecule has 2 heterocycles. The van der Waals surface area contributed by atoms with Gasteiger partial charge in [-0.1, -0.05) is 42.5 Å². The van der Waals surface area contributed by atoms with Crippen molar-refractivity contribution < 1.29 is 14.7 Å². The van der Waals surface area contributed by atoms with Gasteiger partial charge in [0.1, 0.15) is 6.04 Å². The monoisotopic (exact) mass is 460 g/mol. The number of carbonyl (C=O) groups is 2. The first-order valence-electron chi connectivity index (χ1n) is 10.7. The van der Waals surface area contributed by atoms with E-state index < -0.39 is 12.1 Å². The van der Waals surface area contributed by atoms with Crippen molar-refractivity contribution in [3.05, 3.63) is 76.4 Å². The van der Waals surface area contributed by atoms with Crippen LogP contribution in [0.5, 0.6) is 0 Å². The number of β-amino-alcohol motifs (C(OH)–C–C–N with tert-alkyl or cyclic N) is 1. The topological polar surface area (TPSA) is 106 Å². The van der Waals surface area contributed by atoms with Crippen LogP contribution in [-0.4, -0.2) is 45.5 Å². The summed E-state index contributed by atoms with van der Waals surface area (Å²) in [6.45, 7) is 2.38. The number of benzene rings is 2. The van der Waals surface area contributed by atoms with Gasteiger partial charge in [0, 0.05) is 25.1 Å². The number of rotatable bonds is 6. The van der Waals surface area contributed by atoms with Gasteiger partial charge in [-0.2, -0.15) is 5.26 Å². The second-order valence-electron chi connectivity index (χ2n) is 8.04. The van der Waals surface area contributed by atoms with Crippen molar-refractivity contribution in [3.8, 4) is 16.5 Å². The minimum Gasteiger partial charge on any atom is -0.391 e. The molecular formula is C25H24N4O3S. The lowest BCUT2D eigenvalue weighted by Crippen LogP contribution is -2.46. The Morgan fingerprint density at radius 1 is 1.24 bits per heavy atom. The summed E-state index contributed by atoms with van der Waals surface area (Å²) in [6.07, 6.45) is -0.483. The molecule has 33 heavy (non-hydrogen) atoms. The highest BCUT2D eigenvalue weighted by Crippen LogP contribution is 2.27. The molecule has 4 rings (SSSR count). The van der Waals surface area contributed by atoms with Gasteiger partial charge in [0.25, 0.3) is 5.91 Å². The van der Waals surface area contributed by atoms with E-state index in [0.29, 0.717) is 17.7 Å². The van der Waals surface area contributed by atoms with Gasteiger partial charge in [-0.25, -0.2) is 4.98 Å². The van der Waals surface area contributed by atoms with E-state index >= 15 is 0 Å². The number of nitrogens with zero attached hydrogens (tertiary/aromatic N) is 3. The van der Waals surface area contributed by atoms with Crippen molar-refractivity contribution in [2.24, 2.45) is 0 Å². The minimum atomic E-state index is -0.769. The molecule has 0 unspecified atom stereocenters. The summed E-state index contributed by atoms with van der Waals surface area (Å²) in [6, 6.07) is 16.1. The van der Waals surface area contributed by atoms with Crippen molar-refractivity contribution >= 4 is 23.2 Å². The van der Waals surface area contributed by atoms with Crippen molar-refractivity contribution in [1.82, 2.24) is 15.2 Å². The molecule has 0 saturated carbocycles. The van der Waals surface area contributed by atoms with E-state index in [1.54, 1.807) is 35.6 Å². The van der Waals surface area contributed by atoms with Crippen molar-refractivity contribution in [1.29, 1.82) is 5.26 Å². The van der Waals surface area contributed by atoms with Gasteiger partial charge in [0.05, 0.1) is 34.7 Å². The fourth-order valence-corrected chi connectivity index (χ4v) is 4.88. The first-order valence-corrected chi connectivity index (χ1v) is 11.6. The SMILES string of the molecule is Cc1ncsc1-c1ccc(CNC(=O)[C@@H]2C[C@@H](O)CN2C(=O)c2ccccc2CC#N)cc1. The highest BCUT2D eigenvalue weighted by atomic mass is 32.1. The van der Waals surface area contributed by atoms with E-state index in [1.165, 1.54) is 4.90 Å². The molecule has 168 valence electrons. The number of thiazole rings is 1. The maximum Gasteiger partial charge on any atom is 0.254 e. The number of amides is 2. The van der Waals surface area contributed by atoms with E-state index in [1.807, 2.05) is 36.7 Å². The Bertz CT molecular complexity index is 1200. The van der Waals surface area contributed by atoms with Crippen LogP contribution in [0.2, 0.25) is 0 Å². The number of hydrogen-bond acceptors (Lipinski definition) is 6. The minimum absolute atomic E-state index is 0.0840. The van der Waals surface area contributed by atoms with Crippen molar-refractivity contribution in [3.63, 3.8) is 0 Å². The number of likely N-dealkylation sites (tertiary alicyclic amines) is 1. The number of aliphatic hydroxyl groups excluding tert-OH is 1. The van der Waals surface area contributed by atoms with Crippen LogP contribution in [0.3, 0.4) is 0 Å². The predicted octanol–water partition coefficient (Wildman–Crippen LogP) is 3.08. The van der Waals surface area contributed by atoms with Crippen LogP contribution < -0.4 is 5.32 Å². The molecule has 2 aromatic carbocycles. The van der Waals surface area contributed by atoms with Crippen LogP contribution in [-0.2, 0) is 17.8 Å². The zero-order valence-electron chi connectivity index (χ0n) is 18.2. The summed E-state index contributed by atoms with van der Waals surface area (Å²) in [7, 11) is 0. The Morgan fingerprint density at radius 3 is 2.70 bits per heavy atom. The average Bonchev–Trinajstić information content (AvgIpc) is 3.43. The molecule has 1 saturated heterocycles. The standard InChI is InChI=1S/C25H24N4O3S/c1-16-23(33-15-28-16)19-8-6-17(7-9-19)13-27-24(31)22-12-20(30)14-29(22)25(32)21-5-3-2-4-18(21)10-11-26/h2-9,15,20,22,30H,10,12-14H2,1H3,(H,27,31)/t20-,22+/m1/s1. The van der Waals surface area contributed by atoms with Crippen LogP contribution in [0.15, 0.2) is 54.0 Å². The van der Waals surface area contributed by atoms with Gasteiger partial charge >= 0.3 is 0 Å². The molecule has 2 amide bonds. The van der Waals surface area contributed by atoms with Crippen LogP contribution in [0.25, 0.3) is 10.4 Å². The van der Waals surface area contributed by atoms with Gasteiger partial charge in [0.15, 0.2) is 0 Å². The number of nitrogens with one attached hydrogen (secondary N) is 1. The molecule has 2 N–H and O–H groups in total. The van der Waals surface area contributed by atoms with Crippen molar-refractivity contribution in [2.75, 3.05) is 6.54 Å². The van der Waals surface area contributed by atoms with E-state index in [4.69, 9.17) is 5.26 Å². The smallest absolute Gasteiger partial charge is 0.254 e. The molecule has 1 fully saturated rings. The van der Waals surface area contributed by atoms with Crippen LogP contribution in [0.1, 0.15) is 33.6 Å². The fourth-order valence-electron chi connectivity index (χ4n) is 4.07. The number of aryl methyl sites for hydroxylation is 1. The van der Waals surface area contributed by atoms with E-state index in [9.17, 15) is 14.7 Å².